The molecule has 0 heterocycles. The fourth-order valence-corrected chi connectivity index (χ4v) is 0. The molecule has 0 atom stereocenters. The summed E-state index contributed by atoms with van der Waals surface area (Å²) in [7, 11) is 0. The van der Waals surface area contributed by atoms with Crippen LogP contribution in [0, 0.1) is 0 Å². The van der Waals surface area contributed by atoms with Gasteiger partial charge in [-0.3, -0.25) is 0 Å². The molecule has 0 aliphatic rings. The number of hydrogen-bond donors (Lipinski definition) is 1. The zero-order chi connectivity index (χ0) is 6.08. The van der Waals surface area contributed by atoms with Gasteiger partial charge in [-0.15, -0.1) is 0 Å². The van der Waals surface area contributed by atoms with Crippen LogP contribution in [0.2, 0.25) is 0 Å². The van der Waals surface area contributed by atoms with Gasteiger partial charge in [-0.2, -0.15) is 8.78 Å². The van der Waals surface area contributed by atoms with Gasteiger partial charge in [0.15, 0.2) is 0 Å². The van der Waals surface area contributed by atoms with E-state index in [1.165, 1.54) is 0 Å². The Hall–Kier alpha value is 0.277. The molecule has 0 amide bonds. The quantitative estimate of drug-likeness (QED) is 0.392. The molecule has 0 saturated carbocycles. The monoisotopic (exact) mass is 126 g/mol. The molecule has 0 fully saturated rings. The average molecular weight is 126 g/mol. The molecule has 1 N–H and O–H groups in total. The van der Waals surface area contributed by atoms with Crippen LogP contribution in [0.3, 0.4) is 0 Å². The Morgan fingerprint density at radius 1 is 1.25 bits per heavy atom. The van der Waals surface area contributed by atoms with E-state index in [2.05, 4.69) is 0 Å². The molecular formula is C2H3F4LiO. The van der Waals surface area contributed by atoms with Gasteiger partial charge in [0.05, 0.1) is 0 Å². The third kappa shape index (κ3) is 4.44. The summed E-state index contributed by atoms with van der Waals surface area (Å²) in [5, 5.41) is 7.01. The molecule has 0 aliphatic heterocycles. The van der Waals surface area contributed by atoms with Gasteiger partial charge in [-0.25, -0.2) is 8.78 Å². The Kier molecular flexibility index (Phi) is 4.63. The molecule has 0 aromatic carbocycles. The Morgan fingerprint density at radius 2 is 1.38 bits per heavy atom. The number of hydrogen-bond acceptors (Lipinski definition) is 1. The van der Waals surface area contributed by atoms with Crippen LogP contribution in [0.25, 0.3) is 0 Å². The maximum atomic E-state index is 10.7. The van der Waals surface area contributed by atoms with E-state index in [0.717, 1.165) is 0 Å². The summed E-state index contributed by atoms with van der Waals surface area (Å²) >= 11 is 0. The fourth-order valence-electron chi connectivity index (χ4n) is 0. The first-order valence-electron chi connectivity index (χ1n) is 1.33. The molecule has 8 heavy (non-hydrogen) atoms. The molecule has 0 unspecified atom stereocenters. The van der Waals surface area contributed by atoms with E-state index in [1.54, 1.807) is 0 Å². The molecule has 0 aromatic rings. The standard InChI is InChI=1S/C2H2F4O.Li.H/c3-1(4)2(5,6)7;;/h1,7H;;. The van der Waals surface area contributed by atoms with Crippen molar-refractivity contribution >= 4 is 18.9 Å². The number of rotatable bonds is 1. The van der Waals surface area contributed by atoms with Gasteiger partial charge < -0.3 is 5.11 Å². The summed E-state index contributed by atoms with van der Waals surface area (Å²) in [5.41, 5.74) is 0. The van der Waals surface area contributed by atoms with Gasteiger partial charge in [-0.1, -0.05) is 0 Å². The summed E-state index contributed by atoms with van der Waals surface area (Å²) in [5.74, 6) is 0. The summed E-state index contributed by atoms with van der Waals surface area (Å²) in [6, 6.07) is 0. The molecule has 0 spiro atoms. The number of alkyl halides is 4. The molecular weight excluding hydrogens is 123 g/mol. The summed E-state index contributed by atoms with van der Waals surface area (Å²) in [6.07, 6.45) is -8.81. The van der Waals surface area contributed by atoms with Crippen LogP contribution in [-0.2, 0) is 0 Å². The zero-order valence-corrected chi connectivity index (χ0v) is 3.04. The second-order valence-electron chi connectivity index (χ2n) is 0.888. The van der Waals surface area contributed by atoms with Crippen molar-refractivity contribution in [3.63, 3.8) is 0 Å². The minimum absolute atomic E-state index is 0. The van der Waals surface area contributed by atoms with Crippen LogP contribution in [0.1, 0.15) is 0 Å². The minimum atomic E-state index is -4.83. The number of aliphatic hydroxyl groups is 1. The first-order chi connectivity index (χ1) is 2.94. The summed E-state index contributed by atoms with van der Waals surface area (Å²) in [6.45, 7) is 0. The number of halogens is 4. The molecule has 0 aromatic heterocycles. The normalized spacial score (nSPS) is 11.2. The molecule has 0 rings (SSSR count). The SMILES string of the molecule is OC(F)(F)C(F)F.[LiH]. The van der Waals surface area contributed by atoms with E-state index in [1.807, 2.05) is 0 Å². The van der Waals surface area contributed by atoms with Gasteiger partial charge in [0, 0.05) is 0 Å². The van der Waals surface area contributed by atoms with E-state index >= 15 is 0 Å². The second kappa shape index (κ2) is 3.33. The van der Waals surface area contributed by atoms with Crippen molar-refractivity contribution < 1.29 is 22.7 Å². The Labute approximate surface area is 54.9 Å². The van der Waals surface area contributed by atoms with Crippen LogP contribution < -0.4 is 0 Å². The molecule has 6 heteroatoms. The molecule has 0 radical (unpaired) electrons. The van der Waals surface area contributed by atoms with Crippen molar-refractivity contribution in [1.29, 1.82) is 0 Å². The second-order valence-corrected chi connectivity index (χ2v) is 0.888. The summed E-state index contributed by atoms with van der Waals surface area (Å²) in [4.78, 5) is 0. The predicted octanol–water partition coefficient (Wildman–Crippen LogP) is 0.188. The summed E-state index contributed by atoms with van der Waals surface area (Å²) < 4.78 is 42.4. The van der Waals surface area contributed by atoms with Crippen molar-refractivity contribution in [3.05, 3.63) is 0 Å². The van der Waals surface area contributed by atoms with Crippen molar-refractivity contribution in [2.45, 2.75) is 12.5 Å². The van der Waals surface area contributed by atoms with Crippen molar-refractivity contribution in [2.24, 2.45) is 0 Å². The average Bonchev–Trinajstić information content (AvgIpc) is 1.31. The third-order valence-corrected chi connectivity index (χ3v) is 0.263. The fraction of sp³-hybridized carbons (Fsp3) is 1.00. The Balaban J connectivity index is 0. The molecule has 0 bridgehead atoms. The van der Waals surface area contributed by atoms with Crippen LogP contribution in [0.5, 0.6) is 0 Å². The van der Waals surface area contributed by atoms with Gasteiger partial charge in [0.25, 0.3) is 0 Å². The van der Waals surface area contributed by atoms with E-state index < -0.39 is 12.5 Å². The van der Waals surface area contributed by atoms with E-state index in [-0.39, 0.29) is 18.9 Å². The first kappa shape index (κ1) is 11.1. The van der Waals surface area contributed by atoms with Gasteiger partial charge in [0.1, 0.15) is 0 Å². The van der Waals surface area contributed by atoms with E-state index in [9.17, 15) is 17.6 Å². The first-order valence-corrected chi connectivity index (χ1v) is 1.33. The van der Waals surface area contributed by atoms with Crippen LogP contribution >= 0.6 is 0 Å². The topological polar surface area (TPSA) is 20.2 Å². The van der Waals surface area contributed by atoms with Crippen molar-refractivity contribution in [3.8, 4) is 0 Å². The van der Waals surface area contributed by atoms with E-state index in [0.29, 0.717) is 0 Å². The van der Waals surface area contributed by atoms with Crippen LogP contribution in [-0.4, -0.2) is 36.5 Å². The Morgan fingerprint density at radius 3 is 1.38 bits per heavy atom. The zero-order valence-electron chi connectivity index (χ0n) is 3.04. The van der Waals surface area contributed by atoms with Crippen molar-refractivity contribution in [1.82, 2.24) is 0 Å². The van der Waals surface area contributed by atoms with E-state index in [4.69, 9.17) is 5.11 Å². The predicted molar refractivity (Wildman–Crippen MR) is 20.3 cm³/mol. The van der Waals surface area contributed by atoms with Gasteiger partial charge in [0.2, 0.25) is 0 Å². The molecule has 0 aliphatic carbocycles. The molecule has 46 valence electrons. The maximum absolute atomic E-state index is 10.7. The molecule has 1 nitrogen and oxygen atoms in total. The van der Waals surface area contributed by atoms with Gasteiger partial charge >= 0.3 is 31.4 Å². The van der Waals surface area contributed by atoms with Crippen LogP contribution in [0.4, 0.5) is 17.6 Å². The Bertz CT molecular complexity index is 59.5. The van der Waals surface area contributed by atoms with Crippen molar-refractivity contribution in [2.75, 3.05) is 0 Å². The third-order valence-electron chi connectivity index (χ3n) is 0.263. The van der Waals surface area contributed by atoms with Crippen LogP contribution in [0.15, 0.2) is 0 Å². The van der Waals surface area contributed by atoms with Gasteiger partial charge in [-0.05, 0) is 0 Å². The molecule has 0 saturated heterocycles.